The Labute approximate surface area is 115 Å². The van der Waals surface area contributed by atoms with Crippen LogP contribution in [0.1, 0.15) is 57.6 Å². The molecule has 2 rings (SSSR count). The molecule has 0 bridgehead atoms. The zero-order valence-corrected chi connectivity index (χ0v) is 11.8. The van der Waals surface area contributed by atoms with Crippen LogP contribution in [0.4, 0.5) is 4.39 Å². The van der Waals surface area contributed by atoms with Gasteiger partial charge in [0.15, 0.2) is 0 Å². The van der Waals surface area contributed by atoms with E-state index in [1.54, 1.807) is 6.07 Å². The average molecular weight is 265 g/mol. The van der Waals surface area contributed by atoms with Crippen molar-refractivity contribution in [3.05, 3.63) is 29.6 Å². The van der Waals surface area contributed by atoms with Crippen LogP contribution in [-0.2, 0) is 0 Å². The number of nitrogens with one attached hydrogen (secondary N) is 1. The molecule has 0 spiro atoms. The molecule has 0 aromatic heterocycles. The normalized spacial score (nSPS) is 25.2. The van der Waals surface area contributed by atoms with E-state index in [9.17, 15) is 9.50 Å². The van der Waals surface area contributed by atoms with Gasteiger partial charge in [0.05, 0.1) is 0 Å². The van der Waals surface area contributed by atoms with Crippen LogP contribution in [0.15, 0.2) is 18.2 Å². The van der Waals surface area contributed by atoms with E-state index < -0.39 is 5.82 Å². The van der Waals surface area contributed by atoms with Gasteiger partial charge in [-0.15, -0.1) is 0 Å². The highest BCUT2D eigenvalue weighted by atomic mass is 19.1. The number of hydrogen-bond acceptors (Lipinski definition) is 2. The lowest BCUT2D eigenvalue weighted by molar-refractivity contribution is 0.272. The Balaban J connectivity index is 1.92. The molecule has 1 atom stereocenters. The Morgan fingerprint density at radius 3 is 2.58 bits per heavy atom. The van der Waals surface area contributed by atoms with Crippen molar-refractivity contribution in [1.82, 2.24) is 5.32 Å². The highest BCUT2D eigenvalue weighted by molar-refractivity contribution is 5.34. The molecule has 0 radical (unpaired) electrons. The fraction of sp³-hybridized carbons (Fsp3) is 0.625. The van der Waals surface area contributed by atoms with E-state index >= 15 is 0 Å². The Morgan fingerprint density at radius 1 is 1.32 bits per heavy atom. The van der Waals surface area contributed by atoms with Gasteiger partial charge in [0.25, 0.3) is 0 Å². The van der Waals surface area contributed by atoms with Gasteiger partial charge in [-0.05, 0) is 44.6 Å². The maximum atomic E-state index is 13.0. The Hall–Kier alpha value is -1.09. The summed E-state index contributed by atoms with van der Waals surface area (Å²) in [6.45, 7) is 4.29. The minimum atomic E-state index is -0.392. The summed E-state index contributed by atoms with van der Waals surface area (Å²) in [5.41, 5.74) is 0.777. The van der Waals surface area contributed by atoms with Gasteiger partial charge in [-0.1, -0.05) is 19.4 Å². The van der Waals surface area contributed by atoms with E-state index in [4.69, 9.17) is 0 Å². The van der Waals surface area contributed by atoms with Gasteiger partial charge in [0, 0.05) is 23.7 Å². The summed E-state index contributed by atoms with van der Waals surface area (Å²) in [4.78, 5) is 0. The van der Waals surface area contributed by atoms with Gasteiger partial charge in [-0.2, -0.15) is 0 Å². The molecule has 106 valence electrons. The summed E-state index contributed by atoms with van der Waals surface area (Å²) in [6, 6.07) is 4.83. The molecule has 0 amide bonds. The van der Waals surface area contributed by atoms with Crippen LogP contribution in [-0.4, -0.2) is 11.1 Å². The van der Waals surface area contributed by atoms with Gasteiger partial charge < -0.3 is 10.4 Å². The fourth-order valence-electron chi connectivity index (χ4n) is 3.06. The molecule has 2 N–H and O–H groups in total. The van der Waals surface area contributed by atoms with Gasteiger partial charge >= 0.3 is 0 Å². The van der Waals surface area contributed by atoms with Crippen LogP contribution in [0.2, 0.25) is 0 Å². The SMILES string of the molecule is CCC1CCC(NC(C)c2ccc(F)cc2O)CC1. The summed E-state index contributed by atoms with van der Waals surface area (Å²) in [6.07, 6.45) is 6.25. The molecule has 1 aliphatic rings. The second kappa shape index (κ2) is 6.38. The highest BCUT2D eigenvalue weighted by Crippen LogP contribution is 2.30. The van der Waals surface area contributed by atoms with E-state index in [-0.39, 0.29) is 11.8 Å². The third-order valence-corrected chi connectivity index (χ3v) is 4.37. The van der Waals surface area contributed by atoms with Crippen molar-refractivity contribution < 1.29 is 9.50 Å². The number of rotatable bonds is 4. The monoisotopic (exact) mass is 265 g/mol. The molecule has 0 saturated heterocycles. The van der Waals surface area contributed by atoms with Crippen molar-refractivity contribution in [3.63, 3.8) is 0 Å². The van der Waals surface area contributed by atoms with Gasteiger partial charge in [0.1, 0.15) is 11.6 Å². The molecule has 1 unspecified atom stereocenters. The van der Waals surface area contributed by atoms with Crippen molar-refractivity contribution in [3.8, 4) is 5.75 Å². The quantitative estimate of drug-likeness (QED) is 0.857. The predicted octanol–water partition coefficient (Wildman–Crippen LogP) is 4.15. The molecule has 1 saturated carbocycles. The number of halogens is 1. The van der Waals surface area contributed by atoms with Crippen molar-refractivity contribution in [2.45, 2.75) is 58.0 Å². The van der Waals surface area contributed by atoms with Crippen LogP contribution in [0.3, 0.4) is 0 Å². The van der Waals surface area contributed by atoms with Crippen molar-refractivity contribution in [2.75, 3.05) is 0 Å². The molecule has 2 nitrogen and oxygen atoms in total. The second-order valence-electron chi connectivity index (χ2n) is 5.72. The lowest BCUT2D eigenvalue weighted by Gasteiger charge is -2.31. The van der Waals surface area contributed by atoms with Crippen LogP contribution in [0, 0.1) is 11.7 Å². The van der Waals surface area contributed by atoms with Crippen LogP contribution in [0.5, 0.6) is 5.75 Å². The van der Waals surface area contributed by atoms with Gasteiger partial charge in [-0.3, -0.25) is 0 Å². The lowest BCUT2D eigenvalue weighted by atomic mass is 9.84. The Kier molecular flexibility index (Phi) is 4.81. The van der Waals surface area contributed by atoms with Crippen molar-refractivity contribution in [1.29, 1.82) is 0 Å². The van der Waals surface area contributed by atoms with E-state index in [2.05, 4.69) is 12.2 Å². The third-order valence-electron chi connectivity index (χ3n) is 4.37. The molecule has 1 aliphatic carbocycles. The van der Waals surface area contributed by atoms with E-state index in [1.165, 1.54) is 44.2 Å². The first-order chi connectivity index (χ1) is 9.10. The summed E-state index contributed by atoms with van der Waals surface area (Å²) in [5, 5.41) is 13.3. The molecule has 0 aliphatic heterocycles. The maximum Gasteiger partial charge on any atom is 0.126 e. The number of phenols is 1. The Bertz CT molecular complexity index is 413. The molecule has 19 heavy (non-hydrogen) atoms. The first-order valence-corrected chi connectivity index (χ1v) is 7.34. The lowest BCUT2D eigenvalue weighted by Crippen LogP contribution is -2.34. The van der Waals surface area contributed by atoms with E-state index in [0.29, 0.717) is 6.04 Å². The third kappa shape index (κ3) is 3.69. The van der Waals surface area contributed by atoms with Crippen LogP contribution in [0.25, 0.3) is 0 Å². The average Bonchev–Trinajstić information content (AvgIpc) is 2.39. The van der Waals surface area contributed by atoms with Crippen LogP contribution < -0.4 is 5.32 Å². The summed E-state index contributed by atoms with van der Waals surface area (Å²) < 4.78 is 13.0. The van der Waals surface area contributed by atoms with Crippen LogP contribution >= 0.6 is 0 Å². The number of phenolic OH excluding ortho intramolecular Hbond substituents is 1. The van der Waals surface area contributed by atoms with Crippen molar-refractivity contribution in [2.24, 2.45) is 5.92 Å². The first-order valence-electron chi connectivity index (χ1n) is 7.34. The van der Waals surface area contributed by atoms with E-state index in [0.717, 1.165) is 11.5 Å². The maximum absolute atomic E-state index is 13.0. The number of benzene rings is 1. The predicted molar refractivity (Wildman–Crippen MR) is 75.7 cm³/mol. The summed E-state index contributed by atoms with van der Waals surface area (Å²) in [5.74, 6) is 0.534. The topological polar surface area (TPSA) is 32.3 Å². The van der Waals surface area contributed by atoms with E-state index in [1.807, 2.05) is 6.92 Å². The highest BCUT2D eigenvalue weighted by Gasteiger charge is 2.22. The zero-order valence-electron chi connectivity index (χ0n) is 11.8. The Morgan fingerprint density at radius 2 is 2.00 bits per heavy atom. The summed E-state index contributed by atoms with van der Waals surface area (Å²) >= 11 is 0. The zero-order chi connectivity index (χ0) is 13.8. The smallest absolute Gasteiger partial charge is 0.126 e. The second-order valence-corrected chi connectivity index (χ2v) is 5.72. The molecular formula is C16H24FNO. The standard InChI is InChI=1S/C16H24FNO/c1-3-12-4-7-14(8-5-12)18-11(2)15-9-6-13(17)10-16(15)19/h6,9-12,14,18-19H,3-5,7-8H2,1-2H3. The molecule has 1 aromatic rings. The summed E-state index contributed by atoms with van der Waals surface area (Å²) in [7, 11) is 0. The largest absolute Gasteiger partial charge is 0.508 e. The van der Waals surface area contributed by atoms with Gasteiger partial charge in [0.2, 0.25) is 0 Å². The first kappa shape index (κ1) is 14.3. The molecule has 3 heteroatoms. The number of hydrogen-bond donors (Lipinski definition) is 2. The molecule has 1 fully saturated rings. The molecular weight excluding hydrogens is 241 g/mol. The number of aromatic hydroxyl groups is 1. The van der Waals surface area contributed by atoms with Crippen molar-refractivity contribution >= 4 is 0 Å². The molecule has 1 aromatic carbocycles. The molecule has 0 heterocycles. The van der Waals surface area contributed by atoms with Gasteiger partial charge in [-0.25, -0.2) is 4.39 Å². The minimum absolute atomic E-state index is 0.0437. The fourth-order valence-corrected chi connectivity index (χ4v) is 3.06. The minimum Gasteiger partial charge on any atom is -0.508 e.